The van der Waals surface area contributed by atoms with Gasteiger partial charge in [-0.3, -0.25) is 14.4 Å². The van der Waals surface area contributed by atoms with Crippen LogP contribution in [0.5, 0.6) is 5.75 Å². The summed E-state index contributed by atoms with van der Waals surface area (Å²) in [6, 6.07) is 2.90. The number of carbonyl (C=O) groups is 2. The van der Waals surface area contributed by atoms with Gasteiger partial charge in [0.2, 0.25) is 5.43 Å². The largest absolute Gasteiger partial charge is 0.495 e. The van der Waals surface area contributed by atoms with E-state index in [1.54, 1.807) is 6.07 Å². The number of nitrogens with one attached hydrogen (secondary N) is 1. The molecule has 0 unspecified atom stereocenters. The highest BCUT2D eigenvalue weighted by Gasteiger charge is 2.27. The molecule has 0 amide bonds. The van der Waals surface area contributed by atoms with Gasteiger partial charge in [-0.2, -0.15) is 0 Å². The Balaban J connectivity index is 2.80. The summed E-state index contributed by atoms with van der Waals surface area (Å²) in [5.74, 6) is -1.39. The molecule has 20 heavy (non-hydrogen) atoms. The number of ketones is 2. The molecule has 0 bridgehead atoms. The number of ether oxygens (including phenoxy) is 1. The normalized spacial score (nSPS) is 10.8. The number of fused-ring (bicyclic) bond motifs is 1. The number of rotatable bonds is 4. The van der Waals surface area contributed by atoms with Gasteiger partial charge in [0.15, 0.2) is 0 Å². The third-order valence-electron chi connectivity index (χ3n) is 3.03. The van der Waals surface area contributed by atoms with Crippen molar-refractivity contribution < 1.29 is 14.3 Å². The Labute approximate surface area is 114 Å². The molecule has 0 fully saturated rings. The lowest BCUT2D eigenvalue weighted by atomic mass is 9.95. The number of H-pyrrole nitrogens is 1. The molecule has 0 aliphatic carbocycles. The van der Waals surface area contributed by atoms with Crippen molar-refractivity contribution in [2.45, 2.75) is 19.8 Å². The second-order valence-corrected chi connectivity index (χ2v) is 4.47. The van der Waals surface area contributed by atoms with Gasteiger partial charge in [0.05, 0.1) is 12.6 Å². The van der Waals surface area contributed by atoms with E-state index < -0.39 is 5.92 Å². The molecule has 2 rings (SSSR count). The number of aromatic amines is 1. The van der Waals surface area contributed by atoms with Gasteiger partial charge in [0.1, 0.15) is 34.4 Å². The molecule has 0 aromatic carbocycles. The maximum Gasteiger partial charge on any atom is 0.207 e. The lowest BCUT2D eigenvalue weighted by Crippen LogP contribution is -2.20. The molecule has 0 aliphatic heterocycles. The first kappa shape index (κ1) is 13.9. The molecule has 0 saturated carbocycles. The monoisotopic (exact) mass is 274 g/mol. The van der Waals surface area contributed by atoms with Crippen LogP contribution in [0.2, 0.25) is 0 Å². The molecular formula is C14H14N2O4. The van der Waals surface area contributed by atoms with Crippen LogP contribution in [-0.2, 0) is 9.59 Å². The first-order valence-corrected chi connectivity index (χ1v) is 6.03. The van der Waals surface area contributed by atoms with E-state index in [9.17, 15) is 14.4 Å². The minimum Gasteiger partial charge on any atom is -0.495 e. The average Bonchev–Trinajstić information content (AvgIpc) is 2.38. The van der Waals surface area contributed by atoms with Crippen molar-refractivity contribution in [3.05, 3.63) is 34.2 Å². The van der Waals surface area contributed by atoms with Crippen LogP contribution < -0.4 is 10.2 Å². The number of aromatic nitrogens is 2. The highest BCUT2D eigenvalue weighted by atomic mass is 16.5. The predicted molar refractivity (Wildman–Crippen MR) is 73.0 cm³/mol. The number of carbonyl (C=O) groups excluding carboxylic acids is 2. The van der Waals surface area contributed by atoms with E-state index in [1.807, 2.05) is 0 Å². The summed E-state index contributed by atoms with van der Waals surface area (Å²) < 4.78 is 5.19. The van der Waals surface area contributed by atoms with E-state index in [2.05, 4.69) is 9.97 Å². The quantitative estimate of drug-likeness (QED) is 0.846. The molecule has 2 aromatic rings. The summed E-state index contributed by atoms with van der Waals surface area (Å²) in [7, 11) is 1.42. The van der Waals surface area contributed by atoms with Crippen molar-refractivity contribution >= 4 is 22.6 Å². The fourth-order valence-electron chi connectivity index (χ4n) is 2.13. The zero-order valence-electron chi connectivity index (χ0n) is 11.4. The van der Waals surface area contributed by atoms with Gasteiger partial charge in [0.25, 0.3) is 0 Å². The van der Waals surface area contributed by atoms with Crippen molar-refractivity contribution in [2.75, 3.05) is 7.11 Å². The maximum absolute atomic E-state index is 11.8. The van der Waals surface area contributed by atoms with Gasteiger partial charge in [-0.15, -0.1) is 0 Å². The third-order valence-corrected chi connectivity index (χ3v) is 3.03. The van der Waals surface area contributed by atoms with Gasteiger partial charge >= 0.3 is 0 Å². The molecule has 0 aliphatic rings. The Morgan fingerprint density at radius 2 is 1.95 bits per heavy atom. The third kappa shape index (κ3) is 2.32. The van der Waals surface area contributed by atoms with Crippen LogP contribution in [0.15, 0.2) is 23.1 Å². The molecule has 0 atom stereocenters. The summed E-state index contributed by atoms with van der Waals surface area (Å²) in [5, 5.41) is 0. The van der Waals surface area contributed by atoms with Crippen molar-refractivity contribution in [2.24, 2.45) is 0 Å². The Bertz CT molecular complexity index is 734. The van der Waals surface area contributed by atoms with Crippen molar-refractivity contribution in [3.63, 3.8) is 0 Å². The number of methoxy groups -OCH3 is 1. The first-order chi connectivity index (χ1) is 9.45. The van der Waals surface area contributed by atoms with Crippen LogP contribution in [-0.4, -0.2) is 28.6 Å². The smallest absolute Gasteiger partial charge is 0.207 e. The molecule has 2 aromatic heterocycles. The van der Waals surface area contributed by atoms with Crippen LogP contribution in [0.25, 0.3) is 11.0 Å². The molecule has 1 N–H and O–H groups in total. The average molecular weight is 274 g/mol. The van der Waals surface area contributed by atoms with Gasteiger partial charge < -0.3 is 9.72 Å². The van der Waals surface area contributed by atoms with Crippen LogP contribution in [0, 0.1) is 0 Å². The number of Topliss-reactive ketones (excluding diaryl/α,β-unsaturated/α-hetero) is 2. The Hall–Kier alpha value is -2.50. The molecule has 2 heterocycles. The van der Waals surface area contributed by atoms with Crippen LogP contribution >= 0.6 is 0 Å². The minimum absolute atomic E-state index is 0.177. The SMILES string of the molecule is COc1cc2[nH]ccc(=O)c2nc1C(C(C)=O)C(C)=O. The molecular weight excluding hydrogens is 260 g/mol. The molecule has 0 spiro atoms. The van der Waals surface area contributed by atoms with Gasteiger partial charge in [-0.05, 0) is 13.8 Å². The maximum atomic E-state index is 11.8. The summed E-state index contributed by atoms with van der Waals surface area (Å²) in [6.07, 6.45) is 1.50. The second-order valence-electron chi connectivity index (χ2n) is 4.47. The minimum atomic E-state index is -1.02. The van der Waals surface area contributed by atoms with E-state index >= 15 is 0 Å². The number of nitrogens with zero attached hydrogens (tertiary/aromatic N) is 1. The van der Waals surface area contributed by atoms with E-state index in [1.165, 1.54) is 33.2 Å². The van der Waals surface area contributed by atoms with Crippen LogP contribution in [0.1, 0.15) is 25.5 Å². The lowest BCUT2D eigenvalue weighted by Gasteiger charge is -2.14. The Morgan fingerprint density at radius 3 is 2.50 bits per heavy atom. The number of hydrogen-bond donors (Lipinski definition) is 1. The fourth-order valence-corrected chi connectivity index (χ4v) is 2.13. The Morgan fingerprint density at radius 1 is 1.30 bits per heavy atom. The van der Waals surface area contributed by atoms with E-state index in [0.717, 1.165) is 0 Å². The zero-order chi connectivity index (χ0) is 14.9. The predicted octanol–water partition coefficient (Wildman–Crippen LogP) is 1.19. The molecule has 104 valence electrons. The van der Waals surface area contributed by atoms with Crippen LogP contribution in [0.3, 0.4) is 0 Å². The highest BCUT2D eigenvalue weighted by Crippen LogP contribution is 2.28. The molecule has 6 nitrogen and oxygen atoms in total. The molecule has 0 radical (unpaired) electrons. The van der Waals surface area contributed by atoms with Gasteiger partial charge in [0, 0.05) is 18.3 Å². The van der Waals surface area contributed by atoms with E-state index in [4.69, 9.17) is 4.74 Å². The first-order valence-electron chi connectivity index (χ1n) is 6.03. The Kier molecular flexibility index (Phi) is 3.65. The fraction of sp³-hybridized carbons (Fsp3) is 0.286. The van der Waals surface area contributed by atoms with Crippen LogP contribution in [0.4, 0.5) is 0 Å². The highest BCUT2D eigenvalue weighted by molar-refractivity contribution is 6.06. The van der Waals surface area contributed by atoms with E-state index in [0.29, 0.717) is 11.3 Å². The van der Waals surface area contributed by atoms with Gasteiger partial charge in [-0.1, -0.05) is 0 Å². The van der Waals surface area contributed by atoms with Crippen molar-refractivity contribution in [1.29, 1.82) is 0 Å². The topological polar surface area (TPSA) is 89.1 Å². The molecule has 6 heteroatoms. The standard InChI is InChI=1S/C14H14N2O4/c1-7(17)12(8(2)18)14-11(20-3)6-9-13(16-14)10(19)4-5-15-9/h4-6,12H,1-3H3,(H,15,19). The van der Waals surface area contributed by atoms with Crippen molar-refractivity contribution in [1.82, 2.24) is 9.97 Å². The second kappa shape index (κ2) is 5.24. The number of pyridine rings is 2. The zero-order valence-corrected chi connectivity index (χ0v) is 11.4. The summed E-state index contributed by atoms with van der Waals surface area (Å²) in [6.45, 7) is 2.62. The van der Waals surface area contributed by atoms with E-state index in [-0.39, 0.29) is 28.2 Å². The molecule has 0 saturated heterocycles. The number of hydrogen-bond acceptors (Lipinski definition) is 5. The van der Waals surface area contributed by atoms with Gasteiger partial charge in [-0.25, -0.2) is 4.98 Å². The lowest BCUT2D eigenvalue weighted by molar-refractivity contribution is -0.127. The summed E-state index contributed by atoms with van der Waals surface area (Å²) >= 11 is 0. The van der Waals surface area contributed by atoms with Crippen molar-refractivity contribution in [3.8, 4) is 5.75 Å². The summed E-state index contributed by atoms with van der Waals surface area (Å²) in [5.41, 5.74) is 0.560. The summed E-state index contributed by atoms with van der Waals surface area (Å²) in [4.78, 5) is 42.2.